The van der Waals surface area contributed by atoms with Crippen LogP contribution in [0.4, 0.5) is 4.39 Å². The second-order valence-corrected chi connectivity index (χ2v) is 9.20. The number of phenols is 2. The number of carbonyl (C=O) groups is 3. The van der Waals surface area contributed by atoms with Crippen molar-refractivity contribution in [3.63, 3.8) is 0 Å². The molecule has 38 heavy (non-hydrogen) atoms. The number of carbonyl (C=O) groups excluding carboxylic acids is 3. The third-order valence-corrected chi connectivity index (χ3v) is 6.83. The van der Waals surface area contributed by atoms with Gasteiger partial charge in [-0.05, 0) is 23.5 Å². The fourth-order valence-electron chi connectivity index (χ4n) is 4.76. The number of phenolic OH excluding ortho intramolecular Hbond substituents is 2. The van der Waals surface area contributed by atoms with Crippen molar-refractivity contribution in [2.75, 3.05) is 33.4 Å². The van der Waals surface area contributed by atoms with Crippen molar-refractivity contribution >= 4 is 31.4 Å². The molecule has 0 spiro atoms. The van der Waals surface area contributed by atoms with Crippen molar-refractivity contribution in [1.82, 2.24) is 15.1 Å². The zero-order valence-corrected chi connectivity index (χ0v) is 21.0. The van der Waals surface area contributed by atoms with E-state index in [0.717, 1.165) is 18.7 Å². The number of morpholine rings is 1. The van der Waals surface area contributed by atoms with Gasteiger partial charge in [-0.3, -0.25) is 14.5 Å². The van der Waals surface area contributed by atoms with E-state index >= 15 is 0 Å². The summed E-state index contributed by atoms with van der Waals surface area (Å²) < 4.78 is 26.0. The molecular formula is C26H29BFN3O7. The lowest BCUT2D eigenvalue weighted by Crippen LogP contribution is -2.46. The number of rotatable bonds is 10. The monoisotopic (exact) mass is 525 g/mol. The summed E-state index contributed by atoms with van der Waals surface area (Å²) in [7, 11) is 7.36. The minimum atomic E-state index is -0.988. The first-order valence-electron chi connectivity index (χ1n) is 12.3. The van der Waals surface area contributed by atoms with Crippen molar-refractivity contribution in [2.24, 2.45) is 0 Å². The molecule has 2 aliphatic rings. The molecule has 200 valence electrons. The number of ether oxygens (including phenoxy) is 2. The van der Waals surface area contributed by atoms with Crippen LogP contribution in [0.15, 0.2) is 18.2 Å². The molecule has 10 nitrogen and oxygen atoms in total. The highest BCUT2D eigenvalue weighted by atomic mass is 19.1. The number of aromatic hydroxyl groups is 2. The van der Waals surface area contributed by atoms with Crippen LogP contribution in [0.25, 0.3) is 0 Å². The van der Waals surface area contributed by atoms with Gasteiger partial charge in [0.15, 0.2) is 17.2 Å². The van der Waals surface area contributed by atoms with Crippen molar-refractivity contribution in [1.29, 1.82) is 0 Å². The SMILES string of the molecule is [B]c1c(O)c(O)c(OCc2ccc(CN3CCOCC3)cc2F)c2c1C(=O)N(C(CCC=O)C(=O)NC)C2. The highest BCUT2D eigenvalue weighted by molar-refractivity contribution is 6.39. The second kappa shape index (κ2) is 11.8. The number of aldehydes is 1. The lowest BCUT2D eigenvalue weighted by Gasteiger charge is -2.26. The van der Waals surface area contributed by atoms with Gasteiger partial charge in [0.05, 0.1) is 19.8 Å². The van der Waals surface area contributed by atoms with Crippen molar-refractivity contribution in [3.05, 3.63) is 46.3 Å². The zero-order chi connectivity index (χ0) is 27.4. The molecule has 1 unspecified atom stereocenters. The number of amides is 2. The van der Waals surface area contributed by atoms with Crippen LogP contribution in [0.3, 0.4) is 0 Å². The molecular weight excluding hydrogens is 496 g/mol. The van der Waals surface area contributed by atoms with Crippen LogP contribution in [-0.2, 0) is 34.0 Å². The van der Waals surface area contributed by atoms with Crippen LogP contribution < -0.4 is 15.5 Å². The van der Waals surface area contributed by atoms with Crippen LogP contribution in [0.2, 0.25) is 0 Å². The van der Waals surface area contributed by atoms with Crippen LogP contribution >= 0.6 is 0 Å². The summed E-state index contributed by atoms with van der Waals surface area (Å²) in [6.45, 7) is 2.92. The number of nitrogens with one attached hydrogen (secondary N) is 1. The van der Waals surface area contributed by atoms with Crippen LogP contribution in [0, 0.1) is 5.82 Å². The molecule has 2 heterocycles. The average molecular weight is 525 g/mol. The fraction of sp³-hybridized carbons (Fsp3) is 0.423. The topological polar surface area (TPSA) is 129 Å². The third-order valence-electron chi connectivity index (χ3n) is 6.83. The van der Waals surface area contributed by atoms with E-state index < -0.39 is 35.2 Å². The number of hydrogen-bond donors (Lipinski definition) is 3. The normalized spacial score (nSPS) is 16.3. The van der Waals surface area contributed by atoms with Gasteiger partial charge >= 0.3 is 0 Å². The number of benzene rings is 2. The molecule has 2 amide bonds. The van der Waals surface area contributed by atoms with Gasteiger partial charge in [0.2, 0.25) is 5.91 Å². The van der Waals surface area contributed by atoms with E-state index in [1.807, 2.05) is 0 Å². The third kappa shape index (κ3) is 5.46. The predicted octanol–water partition coefficient (Wildman–Crippen LogP) is 0.491. The quantitative estimate of drug-likeness (QED) is 0.232. The van der Waals surface area contributed by atoms with Gasteiger partial charge in [0, 0.05) is 49.8 Å². The maximum atomic E-state index is 14.9. The van der Waals surface area contributed by atoms with E-state index in [0.29, 0.717) is 26.0 Å². The predicted molar refractivity (Wildman–Crippen MR) is 135 cm³/mol. The van der Waals surface area contributed by atoms with Crippen molar-refractivity contribution in [3.8, 4) is 17.2 Å². The Morgan fingerprint density at radius 3 is 2.68 bits per heavy atom. The highest BCUT2D eigenvalue weighted by Gasteiger charge is 2.40. The molecule has 1 atom stereocenters. The standard InChI is InChI=1S/C26H29BFN3O7/c1-29-25(35)19(3-2-8-32)31-13-17-20(26(31)36)21(27)22(33)23(34)24(17)38-14-16-5-4-15(11-18(16)28)12-30-6-9-37-10-7-30/h4-5,8,11,19,33-34H,2-3,6-7,9-10,12-14H2,1H3,(H,29,35). The van der Waals surface area contributed by atoms with Gasteiger partial charge < -0.3 is 34.7 Å². The van der Waals surface area contributed by atoms with E-state index in [9.17, 15) is 29.0 Å². The molecule has 4 rings (SSSR count). The highest BCUT2D eigenvalue weighted by Crippen LogP contribution is 2.43. The maximum Gasteiger partial charge on any atom is 0.254 e. The average Bonchev–Trinajstić information content (AvgIpc) is 3.25. The first-order valence-corrected chi connectivity index (χ1v) is 12.3. The Kier molecular flexibility index (Phi) is 8.53. The summed E-state index contributed by atoms with van der Waals surface area (Å²) >= 11 is 0. The number of likely N-dealkylation sites (N-methyl/N-ethyl adjacent to an activating group) is 1. The molecule has 2 radical (unpaired) electrons. The van der Waals surface area contributed by atoms with Gasteiger partial charge in [-0.25, -0.2) is 4.39 Å². The number of hydrogen-bond acceptors (Lipinski definition) is 8. The van der Waals surface area contributed by atoms with E-state index in [1.54, 1.807) is 12.1 Å². The first kappa shape index (κ1) is 27.4. The number of halogens is 1. The fourth-order valence-corrected chi connectivity index (χ4v) is 4.76. The van der Waals surface area contributed by atoms with Gasteiger partial charge in [0.1, 0.15) is 32.6 Å². The molecule has 0 saturated carbocycles. The van der Waals surface area contributed by atoms with Crippen LogP contribution in [-0.4, -0.2) is 85.4 Å². The summed E-state index contributed by atoms with van der Waals surface area (Å²) in [6.07, 6.45) is 0.748. The van der Waals surface area contributed by atoms with Crippen molar-refractivity contribution < 1.29 is 38.5 Å². The molecule has 2 aromatic carbocycles. The summed E-state index contributed by atoms with van der Waals surface area (Å²) in [5, 5.41) is 23.5. The molecule has 0 aliphatic carbocycles. The van der Waals surface area contributed by atoms with E-state index in [4.69, 9.17) is 17.3 Å². The Bertz CT molecular complexity index is 1240. The molecule has 0 aromatic heterocycles. The van der Waals surface area contributed by atoms with E-state index in [-0.39, 0.29) is 53.9 Å². The van der Waals surface area contributed by atoms with E-state index in [2.05, 4.69) is 10.2 Å². The Labute approximate surface area is 220 Å². The van der Waals surface area contributed by atoms with Crippen molar-refractivity contribution in [2.45, 2.75) is 38.6 Å². The summed E-state index contributed by atoms with van der Waals surface area (Å²) in [5.74, 6) is -3.31. The Hall–Kier alpha value is -3.64. The molecule has 0 bridgehead atoms. The molecule has 12 heteroatoms. The summed E-state index contributed by atoms with van der Waals surface area (Å²) in [4.78, 5) is 40.0. The lowest BCUT2D eigenvalue weighted by molar-refractivity contribution is -0.125. The summed E-state index contributed by atoms with van der Waals surface area (Å²) in [6, 6.07) is 3.80. The van der Waals surface area contributed by atoms with Crippen LogP contribution in [0.5, 0.6) is 17.2 Å². The number of nitrogens with zero attached hydrogens (tertiary/aromatic N) is 2. The molecule has 3 N–H and O–H groups in total. The Morgan fingerprint density at radius 1 is 1.29 bits per heavy atom. The lowest BCUT2D eigenvalue weighted by atomic mass is 9.86. The minimum absolute atomic E-state index is 0.0361. The van der Waals surface area contributed by atoms with Gasteiger partial charge in [-0.1, -0.05) is 12.1 Å². The maximum absolute atomic E-state index is 14.9. The van der Waals surface area contributed by atoms with E-state index in [1.165, 1.54) is 18.0 Å². The molecule has 1 fully saturated rings. The van der Waals surface area contributed by atoms with Gasteiger partial charge in [0.25, 0.3) is 5.91 Å². The van der Waals surface area contributed by atoms with Crippen LogP contribution in [0.1, 0.15) is 39.9 Å². The van der Waals surface area contributed by atoms with Gasteiger partial charge in [-0.15, -0.1) is 0 Å². The molecule has 1 saturated heterocycles. The Balaban J connectivity index is 1.57. The Morgan fingerprint density at radius 2 is 2.03 bits per heavy atom. The largest absolute Gasteiger partial charge is 0.505 e. The molecule has 2 aromatic rings. The minimum Gasteiger partial charge on any atom is -0.505 e. The first-order chi connectivity index (χ1) is 18.3. The summed E-state index contributed by atoms with van der Waals surface area (Å²) in [5.41, 5.74) is 0.681. The molecule has 2 aliphatic heterocycles. The van der Waals surface area contributed by atoms with Gasteiger partial charge in [-0.2, -0.15) is 0 Å². The number of fused-ring (bicyclic) bond motifs is 1. The zero-order valence-electron chi connectivity index (χ0n) is 21.0. The second-order valence-electron chi connectivity index (χ2n) is 9.20. The smallest absolute Gasteiger partial charge is 0.254 e.